The first-order chi connectivity index (χ1) is 11.5. The standard InChI is InChI=1S/C18H20N2O3S/c1-11-7-15(11)18(23)20-14-4-2-3-12(8-14)17(22)19-9-16(21)13-5-6-24-10-13/h2-6,8,10-11,15-16,21H,7,9H2,1H3,(H,19,22)(H,20,23). The third kappa shape index (κ3) is 4.01. The Balaban J connectivity index is 1.56. The number of thiophene rings is 1. The normalized spacial score (nSPS) is 20.2. The predicted molar refractivity (Wildman–Crippen MR) is 94.0 cm³/mol. The van der Waals surface area contributed by atoms with Crippen molar-refractivity contribution < 1.29 is 14.7 Å². The Morgan fingerprint density at radius 1 is 1.38 bits per heavy atom. The van der Waals surface area contributed by atoms with Crippen molar-refractivity contribution in [3.63, 3.8) is 0 Å². The maximum absolute atomic E-state index is 12.2. The first-order valence-electron chi connectivity index (χ1n) is 7.94. The molecule has 1 aromatic carbocycles. The third-order valence-electron chi connectivity index (χ3n) is 4.22. The molecule has 1 aliphatic carbocycles. The highest BCUT2D eigenvalue weighted by Gasteiger charge is 2.39. The van der Waals surface area contributed by atoms with Crippen molar-refractivity contribution in [2.24, 2.45) is 11.8 Å². The van der Waals surface area contributed by atoms with E-state index in [1.54, 1.807) is 24.3 Å². The predicted octanol–water partition coefficient (Wildman–Crippen LogP) is 2.81. The van der Waals surface area contributed by atoms with E-state index in [0.29, 0.717) is 17.2 Å². The van der Waals surface area contributed by atoms with Crippen LogP contribution in [0.25, 0.3) is 0 Å². The molecule has 0 aliphatic heterocycles. The molecule has 1 heterocycles. The van der Waals surface area contributed by atoms with Gasteiger partial charge in [-0.05, 0) is 52.9 Å². The maximum atomic E-state index is 12.2. The van der Waals surface area contributed by atoms with Gasteiger partial charge in [0.25, 0.3) is 5.91 Å². The molecule has 0 saturated heterocycles. The largest absolute Gasteiger partial charge is 0.387 e. The van der Waals surface area contributed by atoms with Crippen molar-refractivity contribution in [1.82, 2.24) is 5.32 Å². The molecular formula is C18H20N2O3S. The summed E-state index contributed by atoms with van der Waals surface area (Å²) in [5.41, 5.74) is 1.86. The van der Waals surface area contributed by atoms with Gasteiger partial charge in [-0.1, -0.05) is 13.0 Å². The molecule has 3 N–H and O–H groups in total. The molecule has 0 bridgehead atoms. The summed E-state index contributed by atoms with van der Waals surface area (Å²) in [5, 5.41) is 19.3. The Bertz CT molecular complexity index is 730. The van der Waals surface area contributed by atoms with Gasteiger partial charge in [0.1, 0.15) is 0 Å². The van der Waals surface area contributed by atoms with Crippen LogP contribution >= 0.6 is 11.3 Å². The zero-order valence-electron chi connectivity index (χ0n) is 13.4. The second kappa shape index (κ2) is 7.15. The van der Waals surface area contributed by atoms with Gasteiger partial charge in [0, 0.05) is 23.7 Å². The Morgan fingerprint density at radius 3 is 2.83 bits per heavy atom. The number of benzene rings is 1. The van der Waals surface area contributed by atoms with Crippen LogP contribution in [0.1, 0.15) is 35.4 Å². The van der Waals surface area contributed by atoms with Gasteiger partial charge in [0.2, 0.25) is 5.91 Å². The molecule has 1 saturated carbocycles. The number of hydrogen-bond acceptors (Lipinski definition) is 4. The van der Waals surface area contributed by atoms with E-state index in [9.17, 15) is 14.7 Å². The summed E-state index contributed by atoms with van der Waals surface area (Å²) in [6, 6.07) is 8.66. The number of anilines is 1. The zero-order chi connectivity index (χ0) is 17.1. The van der Waals surface area contributed by atoms with Crippen LogP contribution in [0.15, 0.2) is 41.1 Å². The fourth-order valence-corrected chi connectivity index (χ4v) is 3.24. The first kappa shape index (κ1) is 16.7. The van der Waals surface area contributed by atoms with Crippen LogP contribution in [0.3, 0.4) is 0 Å². The van der Waals surface area contributed by atoms with Gasteiger partial charge in [-0.15, -0.1) is 0 Å². The van der Waals surface area contributed by atoms with E-state index < -0.39 is 6.10 Å². The SMILES string of the molecule is CC1CC1C(=O)Nc1cccc(C(=O)NCC(O)c2ccsc2)c1. The molecule has 0 radical (unpaired) electrons. The Hall–Kier alpha value is -2.18. The Labute approximate surface area is 144 Å². The van der Waals surface area contributed by atoms with Gasteiger partial charge in [-0.25, -0.2) is 0 Å². The number of aliphatic hydroxyl groups is 1. The van der Waals surface area contributed by atoms with E-state index >= 15 is 0 Å². The molecule has 2 aromatic rings. The summed E-state index contributed by atoms with van der Waals surface area (Å²) in [6.07, 6.45) is 0.200. The second-order valence-corrected chi connectivity index (χ2v) is 6.95. The quantitative estimate of drug-likeness (QED) is 0.754. The van der Waals surface area contributed by atoms with Crippen LogP contribution in [0, 0.1) is 11.8 Å². The maximum Gasteiger partial charge on any atom is 0.251 e. The van der Waals surface area contributed by atoms with Crippen molar-refractivity contribution in [3.05, 3.63) is 52.2 Å². The number of aliphatic hydroxyl groups excluding tert-OH is 1. The summed E-state index contributed by atoms with van der Waals surface area (Å²) in [4.78, 5) is 24.2. The Morgan fingerprint density at radius 2 is 2.17 bits per heavy atom. The van der Waals surface area contributed by atoms with Crippen LogP contribution in [0.5, 0.6) is 0 Å². The van der Waals surface area contributed by atoms with Crippen molar-refractivity contribution in [2.45, 2.75) is 19.4 Å². The molecule has 5 nitrogen and oxygen atoms in total. The average molecular weight is 344 g/mol. The van der Waals surface area contributed by atoms with E-state index in [-0.39, 0.29) is 24.3 Å². The van der Waals surface area contributed by atoms with Crippen molar-refractivity contribution >= 4 is 28.8 Å². The first-order valence-corrected chi connectivity index (χ1v) is 8.88. The molecule has 1 aromatic heterocycles. The minimum Gasteiger partial charge on any atom is -0.387 e. The van der Waals surface area contributed by atoms with Gasteiger partial charge < -0.3 is 15.7 Å². The van der Waals surface area contributed by atoms with Gasteiger partial charge in [0.15, 0.2) is 0 Å². The lowest BCUT2D eigenvalue weighted by atomic mass is 10.1. The van der Waals surface area contributed by atoms with E-state index in [0.717, 1.165) is 12.0 Å². The summed E-state index contributed by atoms with van der Waals surface area (Å²) in [5.74, 6) is 0.256. The zero-order valence-corrected chi connectivity index (χ0v) is 14.2. The number of rotatable bonds is 6. The highest BCUT2D eigenvalue weighted by molar-refractivity contribution is 7.07. The molecule has 1 fully saturated rings. The second-order valence-electron chi connectivity index (χ2n) is 6.17. The molecule has 3 atom stereocenters. The average Bonchev–Trinajstić information content (AvgIpc) is 3.08. The van der Waals surface area contributed by atoms with Crippen molar-refractivity contribution in [2.75, 3.05) is 11.9 Å². The topological polar surface area (TPSA) is 78.4 Å². The van der Waals surface area contributed by atoms with Gasteiger partial charge >= 0.3 is 0 Å². The molecule has 2 amide bonds. The summed E-state index contributed by atoms with van der Waals surface area (Å²) >= 11 is 1.50. The lowest BCUT2D eigenvalue weighted by Gasteiger charge is -2.11. The van der Waals surface area contributed by atoms with E-state index in [1.165, 1.54) is 11.3 Å². The molecular weight excluding hydrogens is 324 g/mol. The summed E-state index contributed by atoms with van der Waals surface area (Å²) < 4.78 is 0. The van der Waals surface area contributed by atoms with Crippen LogP contribution in [0.4, 0.5) is 5.69 Å². The van der Waals surface area contributed by atoms with Crippen molar-refractivity contribution in [1.29, 1.82) is 0 Å². The number of carbonyl (C=O) groups excluding carboxylic acids is 2. The molecule has 1 aliphatic rings. The molecule has 3 unspecified atom stereocenters. The van der Waals surface area contributed by atoms with Gasteiger partial charge in [-0.2, -0.15) is 11.3 Å². The monoisotopic (exact) mass is 344 g/mol. The van der Waals surface area contributed by atoms with E-state index in [1.807, 2.05) is 23.8 Å². The number of carbonyl (C=O) groups is 2. The molecule has 126 valence electrons. The number of amides is 2. The lowest BCUT2D eigenvalue weighted by molar-refractivity contribution is -0.117. The minimum atomic E-state index is -0.723. The highest BCUT2D eigenvalue weighted by atomic mass is 32.1. The van der Waals surface area contributed by atoms with Crippen LogP contribution < -0.4 is 10.6 Å². The molecule has 6 heteroatoms. The Kier molecular flexibility index (Phi) is 4.97. The fraction of sp³-hybridized carbons (Fsp3) is 0.333. The molecule has 24 heavy (non-hydrogen) atoms. The van der Waals surface area contributed by atoms with Crippen LogP contribution in [-0.4, -0.2) is 23.5 Å². The van der Waals surface area contributed by atoms with Crippen molar-refractivity contribution in [3.8, 4) is 0 Å². The fourth-order valence-electron chi connectivity index (χ4n) is 2.53. The van der Waals surface area contributed by atoms with E-state index in [4.69, 9.17) is 0 Å². The lowest BCUT2D eigenvalue weighted by Crippen LogP contribution is -2.28. The molecule has 3 rings (SSSR count). The number of hydrogen-bond donors (Lipinski definition) is 3. The summed E-state index contributed by atoms with van der Waals surface area (Å²) in [6.45, 7) is 2.19. The highest BCUT2D eigenvalue weighted by Crippen LogP contribution is 2.38. The number of nitrogens with one attached hydrogen (secondary N) is 2. The van der Waals surface area contributed by atoms with Gasteiger partial charge in [0.05, 0.1) is 6.10 Å². The third-order valence-corrected chi connectivity index (χ3v) is 4.92. The molecule has 0 spiro atoms. The smallest absolute Gasteiger partial charge is 0.251 e. The van der Waals surface area contributed by atoms with Crippen LogP contribution in [-0.2, 0) is 4.79 Å². The van der Waals surface area contributed by atoms with E-state index in [2.05, 4.69) is 10.6 Å². The summed E-state index contributed by atoms with van der Waals surface area (Å²) in [7, 11) is 0. The van der Waals surface area contributed by atoms with Crippen LogP contribution in [0.2, 0.25) is 0 Å². The van der Waals surface area contributed by atoms with Gasteiger partial charge in [-0.3, -0.25) is 9.59 Å². The minimum absolute atomic E-state index is 0.00735.